The fourth-order valence-electron chi connectivity index (χ4n) is 3.88. The molecule has 2 aliphatic heterocycles. The maximum atomic E-state index is 5.93. The van der Waals surface area contributed by atoms with Gasteiger partial charge in [0.25, 0.3) is 0 Å². The predicted octanol–water partition coefficient (Wildman–Crippen LogP) is 2.07. The van der Waals surface area contributed by atoms with Gasteiger partial charge in [-0.3, -0.25) is 9.80 Å². The van der Waals surface area contributed by atoms with E-state index in [1.165, 1.54) is 50.9 Å². The van der Waals surface area contributed by atoms with E-state index in [9.17, 15) is 0 Å². The summed E-state index contributed by atoms with van der Waals surface area (Å²) in [5.41, 5.74) is 7.37. The zero-order valence-electron chi connectivity index (χ0n) is 12.4. The Kier molecular flexibility index (Phi) is 4.71. The molecule has 2 N–H and O–H groups in total. The van der Waals surface area contributed by atoms with Crippen LogP contribution in [0.2, 0.25) is 0 Å². The van der Waals surface area contributed by atoms with Crippen molar-refractivity contribution < 1.29 is 0 Å². The summed E-state index contributed by atoms with van der Waals surface area (Å²) < 4.78 is 0. The second-order valence-corrected chi connectivity index (χ2v) is 6.29. The highest BCUT2D eigenvalue weighted by Crippen LogP contribution is 2.25. The summed E-state index contributed by atoms with van der Waals surface area (Å²) in [7, 11) is 0. The number of likely N-dealkylation sites (tertiary alicyclic amines) is 2. The topological polar surface area (TPSA) is 32.5 Å². The molecule has 2 aliphatic rings. The molecule has 1 aromatic carbocycles. The summed E-state index contributed by atoms with van der Waals surface area (Å²) in [5.74, 6) is 0. The third kappa shape index (κ3) is 3.22. The molecule has 2 atom stereocenters. The molecular weight excluding hydrogens is 246 g/mol. The lowest BCUT2D eigenvalue weighted by Crippen LogP contribution is -2.50. The SMILES string of the molecule is NCC1CCCN1C1CCCN(Cc2ccccc2)C1. The van der Waals surface area contributed by atoms with Crippen molar-refractivity contribution in [3.63, 3.8) is 0 Å². The molecule has 0 radical (unpaired) electrons. The van der Waals surface area contributed by atoms with E-state index < -0.39 is 0 Å². The van der Waals surface area contributed by atoms with Crippen molar-refractivity contribution in [1.82, 2.24) is 9.80 Å². The third-order valence-electron chi connectivity index (χ3n) is 4.89. The van der Waals surface area contributed by atoms with Crippen LogP contribution in [0.3, 0.4) is 0 Å². The molecule has 0 amide bonds. The standard InChI is InChI=1S/C17H27N3/c18-12-16-8-5-11-20(16)17-9-4-10-19(14-17)13-15-6-2-1-3-7-15/h1-3,6-7,16-17H,4-5,8-14,18H2. The van der Waals surface area contributed by atoms with Crippen LogP contribution in [-0.2, 0) is 6.54 Å². The monoisotopic (exact) mass is 273 g/mol. The molecule has 0 spiro atoms. The van der Waals surface area contributed by atoms with E-state index in [1.54, 1.807) is 0 Å². The zero-order chi connectivity index (χ0) is 13.8. The van der Waals surface area contributed by atoms with E-state index in [-0.39, 0.29) is 0 Å². The van der Waals surface area contributed by atoms with Crippen LogP contribution in [0.5, 0.6) is 0 Å². The molecule has 0 bridgehead atoms. The van der Waals surface area contributed by atoms with E-state index in [0.717, 1.165) is 19.1 Å². The summed E-state index contributed by atoms with van der Waals surface area (Å²) in [6.07, 6.45) is 5.30. The van der Waals surface area contributed by atoms with Gasteiger partial charge in [0.2, 0.25) is 0 Å². The lowest BCUT2D eigenvalue weighted by Gasteiger charge is -2.40. The Morgan fingerprint density at radius 3 is 2.65 bits per heavy atom. The molecule has 2 heterocycles. The highest BCUT2D eigenvalue weighted by atomic mass is 15.3. The summed E-state index contributed by atoms with van der Waals surface area (Å²) >= 11 is 0. The van der Waals surface area contributed by atoms with E-state index in [1.807, 2.05) is 0 Å². The average molecular weight is 273 g/mol. The minimum atomic E-state index is 0.636. The number of hydrogen-bond acceptors (Lipinski definition) is 3. The number of nitrogens with zero attached hydrogens (tertiary/aromatic N) is 2. The molecular formula is C17H27N3. The van der Waals surface area contributed by atoms with Crippen LogP contribution < -0.4 is 5.73 Å². The molecule has 2 saturated heterocycles. The van der Waals surface area contributed by atoms with E-state index >= 15 is 0 Å². The first-order chi connectivity index (χ1) is 9.86. The number of nitrogens with two attached hydrogens (primary N) is 1. The van der Waals surface area contributed by atoms with Gasteiger partial charge in [-0.2, -0.15) is 0 Å². The van der Waals surface area contributed by atoms with Crippen molar-refractivity contribution in [1.29, 1.82) is 0 Å². The highest BCUT2D eigenvalue weighted by molar-refractivity contribution is 5.14. The largest absolute Gasteiger partial charge is 0.329 e. The van der Waals surface area contributed by atoms with Gasteiger partial charge in [0, 0.05) is 31.7 Å². The molecule has 0 aliphatic carbocycles. The van der Waals surface area contributed by atoms with Gasteiger partial charge in [-0.05, 0) is 44.3 Å². The van der Waals surface area contributed by atoms with E-state index in [4.69, 9.17) is 5.73 Å². The van der Waals surface area contributed by atoms with Gasteiger partial charge in [0.15, 0.2) is 0 Å². The third-order valence-corrected chi connectivity index (χ3v) is 4.89. The fraction of sp³-hybridized carbons (Fsp3) is 0.647. The molecule has 0 saturated carbocycles. The van der Waals surface area contributed by atoms with Gasteiger partial charge >= 0.3 is 0 Å². The van der Waals surface area contributed by atoms with Crippen molar-refractivity contribution in [2.45, 2.75) is 44.3 Å². The number of benzene rings is 1. The van der Waals surface area contributed by atoms with Gasteiger partial charge in [0.05, 0.1) is 0 Å². The van der Waals surface area contributed by atoms with Crippen LogP contribution in [0.4, 0.5) is 0 Å². The van der Waals surface area contributed by atoms with Crippen molar-refractivity contribution in [3.05, 3.63) is 35.9 Å². The zero-order valence-corrected chi connectivity index (χ0v) is 12.4. The van der Waals surface area contributed by atoms with E-state index in [2.05, 4.69) is 40.1 Å². The van der Waals surface area contributed by atoms with Crippen molar-refractivity contribution in [3.8, 4) is 0 Å². The van der Waals surface area contributed by atoms with Gasteiger partial charge in [0.1, 0.15) is 0 Å². The molecule has 1 aromatic rings. The predicted molar refractivity (Wildman–Crippen MR) is 83.5 cm³/mol. The molecule has 3 heteroatoms. The lowest BCUT2D eigenvalue weighted by atomic mass is 10.0. The van der Waals surface area contributed by atoms with Crippen LogP contribution in [-0.4, -0.2) is 48.1 Å². The smallest absolute Gasteiger partial charge is 0.0234 e. The van der Waals surface area contributed by atoms with Crippen LogP contribution in [0, 0.1) is 0 Å². The molecule has 20 heavy (non-hydrogen) atoms. The Labute approximate surface area is 122 Å². The first kappa shape index (κ1) is 14.1. The second-order valence-electron chi connectivity index (χ2n) is 6.29. The van der Waals surface area contributed by atoms with Gasteiger partial charge in [-0.1, -0.05) is 30.3 Å². The van der Waals surface area contributed by atoms with E-state index in [0.29, 0.717) is 6.04 Å². The quantitative estimate of drug-likeness (QED) is 0.911. The molecule has 110 valence electrons. The van der Waals surface area contributed by atoms with Crippen LogP contribution in [0.1, 0.15) is 31.2 Å². The molecule has 3 rings (SSSR count). The van der Waals surface area contributed by atoms with Gasteiger partial charge < -0.3 is 5.73 Å². The van der Waals surface area contributed by atoms with Crippen molar-refractivity contribution in [2.24, 2.45) is 5.73 Å². The molecule has 2 fully saturated rings. The molecule has 2 unspecified atom stereocenters. The summed E-state index contributed by atoms with van der Waals surface area (Å²) in [4.78, 5) is 5.31. The minimum Gasteiger partial charge on any atom is -0.329 e. The lowest BCUT2D eigenvalue weighted by molar-refractivity contribution is 0.0864. The summed E-state index contributed by atoms with van der Waals surface area (Å²) in [6.45, 7) is 5.64. The Hall–Kier alpha value is -0.900. The first-order valence-electron chi connectivity index (χ1n) is 8.09. The Balaban J connectivity index is 1.59. The number of hydrogen-bond donors (Lipinski definition) is 1. The van der Waals surface area contributed by atoms with Gasteiger partial charge in [-0.15, -0.1) is 0 Å². The summed E-state index contributed by atoms with van der Waals surface area (Å²) in [5, 5.41) is 0. The molecule has 3 nitrogen and oxygen atoms in total. The maximum absolute atomic E-state index is 5.93. The first-order valence-corrected chi connectivity index (χ1v) is 8.09. The fourth-order valence-corrected chi connectivity index (χ4v) is 3.88. The van der Waals surface area contributed by atoms with Gasteiger partial charge in [-0.25, -0.2) is 0 Å². The summed E-state index contributed by atoms with van der Waals surface area (Å²) in [6, 6.07) is 12.2. The normalized spacial score (nSPS) is 28.9. The maximum Gasteiger partial charge on any atom is 0.0234 e. The number of rotatable bonds is 4. The van der Waals surface area contributed by atoms with Crippen LogP contribution in [0.25, 0.3) is 0 Å². The van der Waals surface area contributed by atoms with Crippen molar-refractivity contribution in [2.75, 3.05) is 26.2 Å². The van der Waals surface area contributed by atoms with Crippen molar-refractivity contribution >= 4 is 0 Å². The highest BCUT2D eigenvalue weighted by Gasteiger charge is 2.32. The Bertz CT molecular complexity index is 406. The second kappa shape index (κ2) is 6.70. The average Bonchev–Trinajstić information content (AvgIpc) is 2.97. The number of piperidine rings is 1. The van der Waals surface area contributed by atoms with Crippen LogP contribution >= 0.6 is 0 Å². The minimum absolute atomic E-state index is 0.636. The molecule has 0 aromatic heterocycles. The van der Waals surface area contributed by atoms with Crippen LogP contribution in [0.15, 0.2) is 30.3 Å². The Morgan fingerprint density at radius 2 is 1.85 bits per heavy atom. The Morgan fingerprint density at radius 1 is 1.05 bits per heavy atom.